The van der Waals surface area contributed by atoms with Crippen molar-refractivity contribution in [1.29, 1.82) is 0 Å². The molecule has 0 bridgehead atoms. The van der Waals surface area contributed by atoms with E-state index in [1.54, 1.807) is 0 Å². The van der Waals surface area contributed by atoms with Crippen LogP contribution in [0.2, 0.25) is 0 Å². The summed E-state index contributed by atoms with van der Waals surface area (Å²) in [5, 5.41) is 0. The van der Waals surface area contributed by atoms with Gasteiger partial charge in [0.1, 0.15) is 22.6 Å². The topological polar surface area (TPSA) is 71.1 Å². The van der Waals surface area contributed by atoms with Gasteiger partial charge in [-0.1, -0.05) is 112 Å². The van der Waals surface area contributed by atoms with E-state index in [2.05, 4.69) is 76.2 Å². The van der Waals surface area contributed by atoms with E-state index in [0.29, 0.717) is 35.8 Å². The lowest BCUT2D eigenvalue weighted by atomic mass is 9.66. The summed E-state index contributed by atoms with van der Waals surface area (Å²) in [6.07, 6.45) is 8.51. The fourth-order valence-electron chi connectivity index (χ4n) is 7.28. The third kappa shape index (κ3) is 8.01. The molecular formula is C45H54O6. The minimum Gasteiger partial charge on any atom is -0.493 e. The van der Waals surface area contributed by atoms with Crippen LogP contribution in [-0.4, -0.2) is 38.4 Å². The number of hydrogen-bond donors (Lipinski definition) is 0. The van der Waals surface area contributed by atoms with Gasteiger partial charge in [0.05, 0.1) is 31.8 Å². The molecule has 4 aromatic rings. The second-order valence-corrected chi connectivity index (χ2v) is 13.5. The van der Waals surface area contributed by atoms with Gasteiger partial charge in [0.2, 0.25) is 0 Å². The Balaban J connectivity index is 1.76. The zero-order valence-corrected chi connectivity index (χ0v) is 31.4. The van der Waals surface area contributed by atoms with Crippen LogP contribution >= 0.6 is 0 Å². The van der Waals surface area contributed by atoms with Crippen LogP contribution in [0.4, 0.5) is 0 Å². The van der Waals surface area contributed by atoms with Crippen LogP contribution in [0.5, 0.6) is 11.5 Å². The standard InChI is InChI=1S/C45H54O6/c1-7-11-13-15-25-50-41-23-19-33(29-37(41)43(46)48-9-3)45(39-27-31(5)17-21-35(39)36-22-18-32(6)28-40(36)45)34-20-24-42(51-26-16-14-12-8-2)38(30-34)44(47)49-10-4/h17-24,27-30H,7-16,25-26H2,1-6H3. The molecule has 0 saturated carbocycles. The van der Waals surface area contributed by atoms with Gasteiger partial charge in [0.25, 0.3) is 0 Å². The Bertz CT molecular complexity index is 1690. The first kappa shape index (κ1) is 37.7. The van der Waals surface area contributed by atoms with Crippen molar-refractivity contribution >= 4 is 11.9 Å². The lowest BCUT2D eigenvalue weighted by molar-refractivity contribution is 0.0511. The number of carbonyl (C=O) groups is 2. The predicted molar refractivity (Wildman–Crippen MR) is 204 cm³/mol. The van der Waals surface area contributed by atoms with Crippen molar-refractivity contribution in [1.82, 2.24) is 0 Å². The predicted octanol–water partition coefficient (Wildman–Crippen LogP) is 10.9. The Labute approximate surface area is 304 Å². The number of carbonyl (C=O) groups excluding carboxylic acids is 2. The first-order valence-electron chi connectivity index (χ1n) is 18.9. The number of esters is 2. The number of fused-ring (bicyclic) bond motifs is 3. The molecule has 5 rings (SSSR count). The van der Waals surface area contributed by atoms with Gasteiger partial charge >= 0.3 is 11.9 Å². The van der Waals surface area contributed by atoms with Crippen LogP contribution < -0.4 is 9.47 Å². The minimum absolute atomic E-state index is 0.247. The molecule has 0 aromatic heterocycles. The Morgan fingerprint density at radius 3 is 1.35 bits per heavy atom. The maximum absolute atomic E-state index is 13.7. The average Bonchev–Trinajstić information content (AvgIpc) is 3.40. The molecular weight excluding hydrogens is 636 g/mol. The van der Waals surface area contributed by atoms with Crippen LogP contribution in [0.15, 0.2) is 72.8 Å². The second-order valence-electron chi connectivity index (χ2n) is 13.5. The van der Waals surface area contributed by atoms with E-state index < -0.39 is 17.4 Å². The SMILES string of the molecule is CCCCCCOc1ccc(C2(c3ccc(OCCCCCC)c(C(=O)OCC)c3)c3cc(C)ccc3-c3ccc(C)cc32)cc1C(=O)OCC. The third-order valence-corrected chi connectivity index (χ3v) is 9.78. The summed E-state index contributed by atoms with van der Waals surface area (Å²) >= 11 is 0. The molecule has 0 fully saturated rings. The largest absolute Gasteiger partial charge is 0.493 e. The van der Waals surface area contributed by atoms with Gasteiger partial charge in [-0.15, -0.1) is 0 Å². The van der Waals surface area contributed by atoms with E-state index in [9.17, 15) is 9.59 Å². The molecule has 1 aliphatic rings. The summed E-state index contributed by atoms with van der Waals surface area (Å²) in [5.74, 6) is 0.165. The van der Waals surface area contributed by atoms with Crippen molar-refractivity contribution in [3.05, 3.63) is 117 Å². The number of aryl methyl sites for hydroxylation is 2. The van der Waals surface area contributed by atoms with Gasteiger partial charge in [0, 0.05) is 0 Å². The molecule has 0 N–H and O–H groups in total. The molecule has 0 amide bonds. The summed E-state index contributed by atoms with van der Waals surface area (Å²) < 4.78 is 23.7. The molecule has 0 saturated heterocycles. The van der Waals surface area contributed by atoms with Gasteiger partial charge in [-0.3, -0.25) is 0 Å². The number of hydrogen-bond acceptors (Lipinski definition) is 6. The molecule has 0 unspecified atom stereocenters. The smallest absolute Gasteiger partial charge is 0.341 e. The zero-order valence-electron chi connectivity index (χ0n) is 31.4. The highest BCUT2D eigenvalue weighted by atomic mass is 16.5. The molecule has 0 radical (unpaired) electrons. The van der Waals surface area contributed by atoms with Crippen LogP contribution in [-0.2, 0) is 14.9 Å². The van der Waals surface area contributed by atoms with Crippen molar-refractivity contribution in [3.63, 3.8) is 0 Å². The molecule has 0 spiro atoms. The Morgan fingerprint density at radius 2 is 0.961 bits per heavy atom. The number of unbranched alkanes of at least 4 members (excludes halogenated alkanes) is 6. The van der Waals surface area contributed by atoms with Crippen LogP contribution in [0.3, 0.4) is 0 Å². The van der Waals surface area contributed by atoms with Crippen molar-refractivity contribution < 1.29 is 28.5 Å². The molecule has 51 heavy (non-hydrogen) atoms. The number of rotatable bonds is 18. The minimum atomic E-state index is -0.884. The first-order valence-corrected chi connectivity index (χ1v) is 18.9. The van der Waals surface area contributed by atoms with E-state index >= 15 is 0 Å². The van der Waals surface area contributed by atoms with E-state index in [4.69, 9.17) is 18.9 Å². The zero-order chi connectivity index (χ0) is 36.4. The fourth-order valence-corrected chi connectivity index (χ4v) is 7.28. The van der Waals surface area contributed by atoms with Gasteiger partial charge in [-0.2, -0.15) is 0 Å². The maximum atomic E-state index is 13.7. The van der Waals surface area contributed by atoms with Crippen molar-refractivity contribution in [3.8, 4) is 22.6 Å². The molecule has 0 aliphatic heterocycles. The number of benzene rings is 4. The summed E-state index contributed by atoms with van der Waals surface area (Å²) in [6, 6.07) is 24.9. The van der Waals surface area contributed by atoms with Crippen LogP contribution in [0.1, 0.15) is 133 Å². The van der Waals surface area contributed by atoms with Gasteiger partial charge in [0.15, 0.2) is 0 Å². The molecule has 0 heterocycles. The summed E-state index contributed by atoms with van der Waals surface area (Å²) in [5.41, 5.74) is 8.24. The average molecular weight is 691 g/mol. The highest BCUT2D eigenvalue weighted by molar-refractivity contribution is 5.95. The van der Waals surface area contributed by atoms with Crippen molar-refractivity contribution in [2.24, 2.45) is 0 Å². The van der Waals surface area contributed by atoms with E-state index in [0.717, 1.165) is 95.9 Å². The number of ether oxygens (including phenoxy) is 4. The van der Waals surface area contributed by atoms with Crippen LogP contribution in [0.25, 0.3) is 11.1 Å². The molecule has 1 aliphatic carbocycles. The quantitative estimate of drug-likeness (QED) is 0.0673. The van der Waals surface area contributed by atoms with Gasteiger partial charge < -0.3 is 18.9 Å². The molecule has 270 valence electrons. The fraction of sp³-hybridized carbons (Fsp3) is 0.422. The summed E-state index contributed by atoms with van der Waals surface area (Å²) in [7, 11) is 0. The summed E-state index contributed by atoms with van der Waals surface area (Å²) in [6.45, 7) is 13.7. The van der Waals surface area contributed by atoms with E-state index in [1.165, 1.54) is 0 Å². The summed E-state index contributed by atoms with van der Waals surface area (Å²) in [4.78, 5) is 27.3. The van der Waals surface area contributed by atoms with Gasteiger partial charge in [-0.25, -0.2) is 9.59 Å². The second kappa shape index (κ2) is 17.6. The highest BCUT2D eigenvalue weighted by Gasteiger charge is 2.47. The first-order chi connectivity index (χ1) is 24.8. The molecule has 6 heteroatoms. The molecule has 0 atom stereocenters. The molecule has 4 aromatic carbocycles. The van der Waals surface area contributed by atoms with Gasteiger partial charge in [-0.05, 0) is 98.2 Å². The lowest BCUT2D eigenvalue weighted by Crippen LogP contribution is -2.30. The van der Waals surface area contributed by atoms with Crippen molar-refractivity contribution in [2.45, 2.75) is 98.3 Å². The molecule has 6 nitrogen and oxygen atoms in total. The Kier molecular flexibility index (Phi) is 13.0. The normalized spacial score (nSPS) is 12.6. The Morgan fingerprint density at radius 1 is 0.529 bits per heavy atom. The van der Waals surface area contributed by atoms with E-state index in [1.807, 2.05) is 38.1 Å². The van der Waals surface area contributed by atoms with Crippen LogP contribution in [0, 0.1) is 13.8 Å². The maximum Gasteiger partial charge on any atom is 0.341 e. The highest BCUT2D eigenvalue weighted by Crippen LogP contribution is 2.57. The lowest BCUT2D eigenvalue weighted by Gasteiger charge is -2.35. The monoisotopic (exact) mass is 690 g/mol. The third-order valence-electron chi connectivity index (χ3n) is 9.78. The van der Waals surface area contributed by atoms with Crippen molar-refractivity contribution in [2.75, 3.05) is 26.4 Å². The Hall–Kier alpha value is -4.58. The van der Waals surface area contributed by atoms with E-state index in [-0.39, 0.29) is 13.2 Å².